The molecule has 7 nitrogen and oxygen atoms in total. The summed E-state index contributed by atoms with van der Waals surface area (Å²) in [6, 6.07) is 7.79. The van der Waals surface area contributed by atoms with Gasteiger partial charge in [0.2, 0.25) is 5.91 Å². The number of aromatic nitrogens is 4. The molecule has 4 rings (SSSR count). The van der Waals surface area contributed by atoms with Gasteiger partial charge in [0.1, 0.15) is 18.2 Å². The van der Waals surface area contributed by atoms with Crippen LogP contribution in [0.25, 0.3) is 11.1 Å². The number of nitrogens with zero attached hydrogens (tertiary/aromatic N) is 4. The molecular formula is C19H17N5O2S. The normalized spacial score (nSPS) is 15.0. The summed E-state index contributed by atoms with van der Waals surface area (Å²) in [6.07, 6.45) is 9.02. The first-order valence-electron chi connectivity index (χ1n) is 8.50. The fourth-order valence-electron chi connectivity index (χ4n) is 2.89. The van der Waals surface area contributed by atoms with Gasteiger partial charge < -0.3 is 10.1 Å². The van der Waals surface area contributed by atoms with Crippen LogP contribution in [0.3, 0.4) is 0 Å². The highest BCUT2D eigenvalue weighted by Crippen LogP contribution is 2.38. The van der Waals surface area contributed by atoms with Crippen molar-refractivity contribution in [1.29, 1.82) is 0 Å². The van der Waals surface area contributed by atoms with Crippen LogP contribution in [0.5, 0.6) is 5.75 Å². The van der Waals surface area contributed by atoms with Gasteiger partial charge in [-0.2, -0.15) is 0 Å². The maximum atomic E-state index is 12.1. The van der Waals surface area contributed by atoms with E-state index in [1.165, 1.54) is 18.1 Å². The fraction of sp³-hybridized carbons (Fsp3) is 0.211. The van der Waals surface area contributed by atoms with E-state index < -0.39 is 0 Å². The summed E-state index contributed by atoms with van der Waals surface area (Å²) >= 11 is 1.31. The predicted molar refractivity (Wildman–Crippen MR) is 101 cm³/mol. The minimum Gasteiger partial charge on any atom is -0.487 e. The second-order valence-electron chi connectivity index (χ2n) is 5.99. The molecule has 0 aliphatic carbocycles. The Balaban J connectivity index is 1.33. The smallest absolute Gasteiger partial charge is 0.230 e. The summed E-state index contributed by atoms with van der Waals surface area (Å²) in [5.41, 5.74) is 3.01. The summed E-state index contributed by atoms with van der Waals surface area (Å²) < 4.78 is 6.10. The molecule has 8 heteroatoms. The minimum atomic E-state index is -0.0901. The third kappa shape index (κ3) is 4.22. The lowest BCUT2D eigenvalue weighted by Gasteiger charge is -2.13. The number of fused-ring (bicyclic) bond motifs is 1. The average molecular weight is 379 g/mol. The van der Waals surface area contributed by atoms with Crippen molar-refractivity contribution < 1.29 is 9.53 Å². The van der Waals surface area contributed by atoms with E-state index in [1.54, 1.807) is 30.9 Å². The first-order valence-corrected chi connectivity index (χ1v) is 9.48. The number of amides is 1. The highest BCUT2D eigenvalue weighted by molar-refractivity contribution is 7.99. The molecule has 0 unspecified atom stereocenters. The van der Waals surface area contributed by atoms with Crippen LogP contribution in [0, 0.1) is 0 Å². The number of nitrogens with one attached hydrogen (secondary N) is 1. The van der Waals surface area contributed by atoms with E-state index in [4.69, 9.17) is 4.74 Å². The van der Waals surface area contributed by atoms with E-state index >= 15 is 0 Å². The Labute approximate surface area is 160 Å². The number of hydrogen-bond donors (Lipinski definition) is 1. The van der Waals surface area contributed by atoms with Crippen molar-refractivity contribution in [2.24, 2.45) is 0 Å². The van der Waals surface area contributed by atoms with Crippen LogP contribution in [0.15, 0.2) is 60.5 Å². The number of ether oxygens (including phenoxy) is 1. The average Bonchev–Trinajstić information content (AvgIpc) is 3.15. The quantitative estimate of drug-likeness (QED) is 0.518. The second kappa shape index (κ2) is 8.13. The lowest BCUT2D eigenvalue weighted by Crippen LogP contribution is -2.35. The molecule has 0 spiro atoms. The molecule has 1 amide bonds. The summed E-state index contributed by atoms with van der Waals surface area (Å²) in [6.45, 7) is 0.453. The summed E-state index contributed by atoms with van der Waals surface area (Å²) in [7, 11) is 0. The summed E-state index contributed by atoms with van der Waals surface area (Å²) in [4.78, 5) is 28.4. The molecule has 3 heterocycles. The number of hydrogen-bond acceptors (Lipinski definition) is 7. The third-order valence-electron chi connectivity index (χ3n) is 4.10. The molecule has 3 aromatic rings. The number of para-hydroxylation sites is 1. The fourth-order valence-corrected chi connectivity index (χ4v) is 3.52. The Morgan fingerprint density at radius 3 is 2.81 bits per heavy atom. The van der Waals surface area contributed by atoms with Crippen LogP contribution in [0.4, 0.5) is 0 Å². The highest BCUT2D eigenvalue weighted by atomic mass is 32.2. The number of carbonyl (C=O) groups is 1. The molecule has 0 saturated carbocycles. The monoisotopic (exact) mass is 379 g/mol. The molecule has 0 radical (unpaired) electrons. The zero-order chi connectivity index (χ0) is 18.5. The molecule has 0 bridgehead atoms. The Hall–Kier alpha value is -3.00. The number of rotatable bonds is 6. The number of benzene rings is 1. The number of carbonyl (C=O) groups excluding carboxylic acids is 1. The SMILES string of the molecule is O=C(CSc1ncccn1)NC[C@H]1Cc2cccc(-c3cncnc3)c2O1. The summed E-state index contributed by atoms with van der Waals surface area (Å²) in [5, 5.41) is 3.51. The van der Waals surface area contributed by atoms with E-state index in [9.17, 15) is 4.79 Å². The van der Waals surface area contributed by atoms with Gasteiger partial charge in [0.05, 0.1) is 12.3 Å². The molecule has 2 aromatic heterocycles. The van der Waals surface area contributed by atoms with Crippen molar-refractivity contribution in [2.45, 2.75) is 17.7 Å². The summed E-state index contributed by atoms with van der Waals surface area (Å²) in [5.74, 6) is 1.05. The van der Waals surface area contributed by atoms with Crippen LogP contribution < -0.4 is 10.1 Å². The van der Waals surface area contributed by atoms with E-state index in [-0.39, 0.29) is 17.8 Å². The molecule has 0 saturated heterocycles. The minimum absolute atomic E-state index is 0.0660. The zero-order valence-corrected chi connectivity index (χ0v) is 15.2. The largest absolute Gasteiger partial charge is 0.487 e. The van der Waals surface area contributed by atoms with Gasteiger partial charge in [-0.1, -0.05) is 30.0 Å². The predicted octanol–water partition coefficient (Wildman–Crippen LogP) is 2.15. The van der Waals surface area contributed by atoms with Gasteiger partial charge in [-0.15, -0.1) is 0 Å². The van der Waals surface area contributed by atoms with Crippen LogP contribution in [-0.2, 0) is 11.2 Å². The Bertz CT molecular complexity index is 924. The maximum absolute atomic E-state index is 12.1. The van der Waals surface area contributed by atoms with Crippen LogP contribution in [-0.4, -0.2) is 44.2 Å². The van der Waals surface area contributed by atoms with Crippen LogP contribution in [0.2, 0.25) is 0 Å². The molecule has 1 aliphatic rings. The van der Waals surface area contributed by atoms with Crippen molar-refractivity contribution in [1.82, 2.24) is 25.3 Å². The molecule has 1 aliphatic heterocycles. The standard InChI is InChI=1S/C19H17N5O2S/c25-17(11-27-19-22-5-2-6-23-19)24-10-15-7-13-3-1-4-16(18(13)26-15)14-8-20-12-21-9-14/h1-6,8-9,12,15H,7,10-11H2,(H,24,25)/t15-/m1/s1. The maximum Gasteiger partial charge on any atom is 0.230 e. The van der Waals surface area contributed by atoms with Gasteiger partial charge in [-0.05, 0) is 11.6 Å². The van der Waals surface area contributed by atoms with E-state index in [0.29, 0.717) is 11.7 Å². The van der Waals surface area contributed by atoms with Gasteiger partial charge in [0.25, 0.3) is 0 Å². The van der Waals surface area contributed by atoms with Crippen molar-refractivity contribution in [3.05, 3.63) is 60.9 Å². The third-order valence-corrected chi connectivity index (χ3v) is 4.98. The van der Waals surface area contributed by atoms with Crippen molar-refractivity contribution in [3.8, 4) is 16.9 Å². The molecular weight excluding hydrogens is 362 g/mol. The van der Waals surface area contributed by atoms with E-state index in [1.807, 2.05) is 18.2 Å². The molecule has 136 valence electrons. The van der Waals surface area contributed by atoms with Gasteiger partial charge in [-0.25, -0.2) is 19.9 Å². The first-order chi connectivity index (χ1) is 13.3. The van der Waals surface area contributed by atoms with Crippen LogP contribution >= 0.6 is 11.8 Å². The molecule has 1 N–H and O–H groups in total. The zero-order valence-electron chi connectivity index (χ0n) is 14.4. The van der Waals surface area contributed by atoms with Gasteiger partial charge >= 0.3 is 0 Å². The Morgan fingerprint density at radius 1 is 1.19 bits per heavy atom. The Kier molecular flexibility index (Phi) is 5.24. The highest BCUT2D eigenvalue weighted by Gasteiger charge is 2.26. The molecule has 1 aromatic carbocycles. The van der Waals surface area contributed by atoms with Crippen LogP contribution in [0.1, 0.15) is 5.56 Å². The van der Waals surface area contributed by atoms with Crippen molar-refractivity contribution in [3.63, 3.8) is 0 Å². The molecule has 0 fully saturated rings. The number of thioether (sulfide) groups is 1. The van der Waals surface area contributed by atoms with Crippen molar-refractivity contribution >= 4 is 17.7 Å². The van der Waals surface area contributed by atoms with Gasteiger partial charge in [-0.3, -0.25) is 4.79 Å². The van der Waals surface area contributed by atoms with E-state index in [0.717, 1.165) is 28.9 Å². The first kappa shape index (κ1) is 17.4. The lowest BCUT2D eigenvalue weighted by atomic mass is 10.0. The molecule has 27 heavy (non-hydrogen) atoms. The van der Waals surface area contributed by atoms with Gasteiger partial charge in [0, 0.05) is 42.3 Å². The van der Waals surface area contributed by atoms with Gasteiger partial charge in [0.15, 0.2) is 5.16 Å². The van der Waals surface area contributed by atoms with E-state index in [2.05, 4.69) is 25.3 Å². The van der Waals surface area contributed by atoms with Crippen molar-refractivity contribution in [2.75, 3.05) is 12.3 Å². The molecule has 1 atom stereocenters. The Morgan fingerprint density at radius 2 is 2.00 bits per heavy atom. The lowest BCUT2D eigenvalue weighted by molar-refractivity contribution is -0.118. The topological polar surface area (TPSA) is 89.9 Å². The second-order valence-corrected chi connectivity index (χ2v) is 6.93.